The number of carbonyl (C=O) groups is 1. The van der Waals surface area contributed by atoms with Gasteiger partial charge in [-0.25, -0.2) is 0 Å². The minimum absolute atomic E-state index is 0.00423. The van der Waals surface area contributed by atoms with E-state index >= 15 is 0 Å². The van der Waals surface area contributed by atoms with E-state index in [-0.39, 0.29) is 18.5 Å². The lowest BCUT2D eigenvalue weighted by Gasteiger charge is -2.12. The van der Waals surface area contributed by atoms with E-state index in [4.69, 9.17) is 25.8 Å². The second-order valence-corrected chi connectivity index (χ2v) is 4.38. The van der Waals surface area contributed by atoms with Gasteiger partial charge >= 0.3 is 0 Å². The van der Waals surface area contributed by atoms with Gasteiger partial charge in [-0.05, 0) is 26.0 Å². The van der Waals surface area contributed by atoms with Crippen LogP contribution in [0.4, 0.5) is 0 Å². The Labute approximate surface area is 112 Å². The van der Waals surface area contributed by atoms with Gasteiger partial charge in [-0.1, -0.05) is 11.6 Å². The van der Waals surface area contributed by atoms with Crippen LogP contribution in [0.15, 0.2) is 12.1 Å². The van der Waals surface area contributed by atoms with Crippen LogP contribution in [0.25, 0.3) is 0 Å². The van der Waals surface area contributed by atoms with Gasteiger partial charge < -0.3 is 14.2 Å². The summed E-state index contributed by atoms with van der Waals surface area (Å²) in [5.41, 5.74) is 0.443. The lowest BCUT2D eigenvalue weighted by atomic mass is 10.1. The Hall–Kier alpha value is -1.26. The Bertz CT molecular complexity index is 429. The second-order valence-electron chi connectivity index (χ2n) is 3.98. The van der Waals surface area contributed by atoms with Crippen molar-refractivity contribution in [2.45, 2.75) is 20.0 Å². The first-order valence-corrected chi connectivity index (χ1v) is 5.93. The standard InChI is InChI=1S/C13H17ClO4/c1-8(2)18-7-11(15)9-5-10(14)13(17-4)12(6-9)16-3/h5-6,8H,7H2,1-4H3. The zero-order valence-corrected chi connectivity index (χ0v) is 11.7. The fraction of sp³-hybridized carbons (Fsp3) is 0.462. The van der Waals surface area contributed by atoms with Crippen LogP contribution < -0.4 is 9.47 Å². The van der Waals surface area contributed by atoms with E-state index < -0.39 is 0 Å². The van der Waals surface area contributed by atoms with Gasteiger partial charge in [0.1, 0.15) is 6.61 Å². The quantitative estimate of drug-likeness (QED) is 0.747. The van der Waals surface area contributed by atoms with Crippen molar-refractivity contribution in [3.05, 3.63) is 22.7 Å². The summed E-state index contributed by atoms with van der Waals surface area (Å²) >= 11 is 6.02. The van der Waals surface area contributed by atoms with Crippen LogP contribution in [0.3, 0.4) is 0 Å². The first-order chi connectivity index (χ1) is 8.49. The van der Waals surface area contributed by atoms with Crippen LogP contribution in [0.2, 0.25) is 5.02 Å². The van der Waals surface area contributed by atoms with Crippen LogP contribution in [0.1, 0.15) is 24.2 Å². The van der Waals surface area contributed by atoms with Crippen LogP contribution in [0.5, 0.6) is 11.5 Å². The van der Waals surface area contributed by atoms with E-state index in [1.807, 2.05) is 13.8 Å². The van der Waals surface area contributed by atoms with Crippen molar-refractivity contribution >= 4 is 17.4 Å². The van der Waals surface area contributed by atoms with E-state index in [9.17, 15) is 4.79 Å². The molecule has 0 unspecified atom stereocenters. The summed E-state index contributed by atoms with van der Waals surface area (Å²) in [6.45, 7) is 3.76. The highest BCUT2D eigenvalue weighted by Crippen LogP contribution is 2.36. The number of halogens is 1. The highest BCUT2D eigenvalue weighted by Gasteiger charge is 2.15. The lowest BCUT2D eigenvalue weighted by Crippen LogP contribution is -2.13. The average molecular weight is 273 g/mol. The van der Waals surface area contributed by atoms with Crippen LogP contribution in [0, 0.1) is 0 Å². The Balaban J connectivity index is 2.97. The SMILES string of the molecule is COc1cc(C(=O)COC(C)C)cc(Cl)c1OC. The molecule has 0 atom stereocenters. The van der Waals surface area contributed by atoms with Gasteiger partial charge in [0.15, 0.2) is 17.3 Å². The number of benzene rings is 1. The van der Waals surface area contributed by atoms with Crippen molar-refractivity contribution in [1.82, 2.24) is 0 Å². The molecule has 5 heteroatoms. The molecule has 0 amide bonds. The third kappa shape index (κ3) is 3.62. The van der Waals surface area contributed by atoms with Crippen LogP contribution in [-0.4, -0.2) is 32.7 Å². The molecule has 1 aromatic carbocycles. The normalized spacial score (nSPS) is 10.6. The van der Waals surface area contributed by atoms with Gasteiger partial charge in [0.05, 0.1) is 25.3 Å². The Kier molecular flexibility index (Phi) is 5.44. The van der Waals surface area contributed by atoms with E-state index in [1.165, 1.54) is 14.2 Å². The first-order valence-electron chi connectivity index (χ1n) is 5.56. The second kappa shape index (κ2) is 6.61. The predicted molar refractivity (Wildman–Crippen MR) is 70.0 cm³/mol. The van der Waals surface area contributed by atoms with Gasteiger partial charge in [-0.15, -0.1) is 0 Å². The maximum absolute atomic E-state index is 11.9. The molecule has 0 aliphatic rings. The fourth-order valence-electron chi connectivity index (χ4n) is 1.40. The van der Waals surface area contributed by atoms with Crippen molar-refractivity contribution in [2.75, 3.05) is 20.8 Å². The summed E-state index contributed by atoms with van der Waals surface area (Å²) in [5, 5.41) is 0.338. The fourth-order valence-corrected chi connectivity index (χ4v) is 1.69. The third-order valence-electron chi connectivity index (χ3n) is 2.30. The van der Waals surface area contributed by atoms with E-state index in [0.717, 1.165) is 0 Å². The van der Waals surface area contributed by atoms with E-state index in [0.29, 0.717) is 22.1 Å². The molecule has 0 fully saturated rings. The highest BCUT2D eigenvalue weighted by molar-refractivity contribution is 6.32. The summed E-state index contributed by atoms with van der Waals surface area (Å²) in [6, 6.07) is 3.14. The zero-order valence-electron chi connectivity index (χ0n) is 11.0. The van der Waals surface area contributed by atoms with Crippen LogP contribution >= 0.6 is 11.6 Å². The smallest absolute Gasteiger partial charge is 0.188 e. The van der Waals surface area contributed by atoms with Crippen molar-refractivity contribution in [3.8, 4) is 11.5 Å². The predicted octanol–water partition coefficient (Wildman–Crippen LogP) is 2.96. The van der Waals surface area contributed by atoms with Gasteiger partial charge in [0, 0.05) is 5.56 Å². The minimum atomic E-state index is -0.147. The maximum Gasteiger partial charge on any atom is 0.188 e. The Morgan fingerprint density at radius 3 is 2.44 bits per heavy atom. The van der Waals surface area contributed by atoms with Crippen molar-refractivity contribution in [1.29, 1.82) is 0 Å². The first kappa shape index (κ1) is 14.8. The molecule has 0 saturated carbocycles. The van der Waals surface area contributed by atoms with E-state index in [2.05, 4.69) is 0 Å². The third-order valence-corrected chi connectivity index (χ3v) is 2.58. The minimum Gasteiger partial charge on any atom is -0.493 e. The van der Waals surface area contributed by atoms with Crippen molar-refractivity contribution in [3.63, 3.8) is 0 Å². The molecule has 0 radical (unpaired) electrons. The largest absolute Gasteiger partial charge is 0.493 e. The molecule has 0 aromatic heterocycles. The van der Waals surface area contributed by atoms with Crippen LogP contribution in [-0.2, 0) is 4.74 Å². The zero-order chi connectivity index (χ0) is 13.7. The molecule has 0 heterocycles. The van der Waals surface area contributed by atoms with Gasteiger partial charge in [-0.2, -0.15) is 0 Å². The molecule has 0 spiro atoms. The highest BCUT2D eigenvalue weighted by atomic mass is 35.5. The molecule has 0 bridgehead atoms. The molecule has 1 aromatic rings. The molecular formula is C13H17ClO4. The number of hydrogen-bond donors (Lipinski definition) is 0. The monoisotopic (exact) mass is 272 g/mol. The molecule has 0 N–H and O–H groups in total. The number of ketones is 1. The van der Waals surface area contributed by atoms with Gasteiger partial charge in [0.25, 0.3) is 0 Å². The molecule has 0 saturated heterocycles. The molecular weight excluding hydrogens is 256 g/mol. The average Bonchev–Trinajstić information content (AvgIpc) is 2.34. The Morgan fingerprint density at radius 1 is 1.28 bits per heavy atom. The number of Topliss-reactive ketones (excluding diaryl/α,β-unsaturated/α-hetero) is 1. The lowest BCUT2D eigenvalue weighted by molar-refractivity contribution is 0.0584. The van der Waals surface area contributed by atoms with Crippen molar-refractivity contribution < 1.29 is 19.0 Å². The van der Waals surface area contributed by atoms with E-state index in [1.54, 1.807) is 12.1 Å². The molecule has 4 nitrogen and oxygen atoms in total. The number of hydrogen-bond acceptors (Lipinski definition) is 4. The van der Waals surface area contributed by atoms with Crippen molar-refractivity contribution in [2.24, 2.45) is 0 Å². The number of methoxy groups -OCH3 is 2. The number of carbonyl (C=O) groups excluding carboxylic acids is 1. The summed E-state index contributed by atoms with van der Waals surface area (Å²) in [6.07, 6.45) is 0.00423. The Morgan fingerprint density at radius 2 is 1.94 bits per heavy atom. The summed E-state index contributed by atoms with van der Waals surface area (Å²) in [7, 11) is 2.99. The molecule has 0 aliphatic heterocycles. The molecule has 18 heavy (non-hydrogen) atoms. The molecule has 0 aliphatic carbocycles. The summed E-state index contributed by atoms with van der Waals surface area (Å²) in [5.74, 6) is 0.699. The topological polar surface area (TPSA) is 44.8 Å². The molecule has 1 rings (SSSR count). The number of ether oxygens (including phenoxy) is 3. The summed E-state index contributed by atoms with van der Waals surface area (Å²) in [4.78, 5) is 11.9. The van der Waals surface area contributed by atoms with Gasteiger partial charge in [-0.3, -0.25) is 4.79 Å². The molecule has 100 valence electrons. The number of rotatable bonds is 6. The maximum atomic E-state index is 11.9. The van der Waals surface area contributed by atoms with Gasteiger partial charge in [0.2, 0.25) is 0 Å². The summed E-state index contributed by atoms with van der Waals surface area (Å²) < 4.78 is 15.5.